The molecule has 0 spiro atoms. The topological polar surface area (TPSA) is 42.3 Å². The standard InChI is InChI=1S/C14H23ClN4O/c1-3-19-14(11(15)7-17-19)13(16-2)12-8-18-6-4-5-10(18)9-20-12/h7,10,12-13,16H,3-6,8-9H2,1-2H3. The molecule has 112 valence electrons. The first-order chi connectivity index (χ1) is 9.74. The van der Waals surface area contributed by atoms with Crippen LogP contribution in [0.3, 0.4) is 0 Å². The highest BCUT2D eigenvalue weighted by molar-refractivity contribution is 6.31. The molecule has 0 radical (unpaired) electrons. The first-order valence-corrected chi connectivity index (χ1v) is 7.86. The second-order valence-electron chi connectivity index (χ2n) is 5.62. The molecule has 0 amide bonds. The highest BCUT2D eigenvalue weighted by Crippen LogP contribution is 2.31. The number of nitrogens with one attached hydrogen (secondary N) is 1. The molecule has 1 N–H and O–H groups in total. The SMILES string of the molecule is CCn1ncc(Cl)c1C(NC)C1CN2CCCC2CO1. The number of rotatable bonds is 4. The lowest BCUT2D eigenvalue weighted by Gasteiger charge is -2.39. The van der Waals surface area contributed by atoms with Gasteiger partial charge < -0.3 is 10.1 Å². The molecular formula is C14H23ClN4O. The second kappa shape index (κ2) is 6.02. The summed E-state index contributed by atoms with van der Waals surface area (Å²) in [6.45, 7) is 5.90. The number of hydrogen-bond acceptors (Lipinski definition) is 4. The van der Waals surface area contributed by atoms with Crippen molar-refractivity contribution >= 4 is 11.6 Å². The van der Waals surface area contributed by atoms with Crippen LogP contribution in [-0.4, -0.2) is 53.6 Å². The van der Waals surface area contributed by atoms with Crippen molar-refractivity contribution in [3.05, 3.63) is 16.9 Å². The van der Waals surface area contributed by atoms with Crippen LogP contribution >= 0.6 is 11.6 Å². The van der Waals surface area contributed by atoms with Crippen molar-refractivity contribution in [2.45, 2.75) is 44.5 Å². The Hall–Kier alpha value is -0.620. The zero-order valence-corrected chi connectivity index (χ0v) is 12.9. The van der Waals surface area contributed by atoms with Gasteiger partial charge in [0.1, 0.15) is 0 Å². The molecule has 0 bridgehead atoms. The third-order valence-electron chi connectivity index (χ3n) is 4.53. The van der Waals surface area contributed by atoms with E-state index >= 15 is 0 Å². The van der Waals surface area contributed by atoms with E-state index in [1.54, 1.807) is 6.20 Å². The summed E-state index contributed by atoms with van der Waals surface area (Å²) in [5.74, 6) is 0. The third-order valence-corrected chi connectivity index (χ3v) is 4.82. The maximum Gasteiger partial charge on any atom is 0.0912 e. The van der Waals surface area contributed by atoms with Gasteiger partial charge in [0.2, 0.25) is 0 Å². The summed E-state index contributed by atoms with van der Waals surface area (Å²) >= 11 is 6.34. The van der Waals surface area contributed by atoms with Crippen LogP contribution in [0.15, 0.2) is 6.20 Å². The van der Waals surface area contributed by atoms with E-state index in [4.69, 9.17) is 16.3 Å². The summed E-state index contributed by atoms with van der Waals surface area (Å²) in [6.07, 6.45) is 4.42. The fourth-order valence-electron chi connectivity index (χ4n) is 3.48. The maximum atomic E-state index is 6.34. The molecular weight excluding hydrogens is 276 g/mol. The fraction of sp³-hybridized carbons (Fsp3) is 0.786. The van der Waals surface area contributed by atoms with Crippen molar-refractivity contribution in [3.63, 3.8) is 0 Å². The number of nitrogens with zero attached hydrogens (tertiary/aromatic N) is 3. The van der Waals surface area contributed by atoms with Crippen molar-refractivity contribution < 1.29 is 4.74 Å². The van der Waals surface area contributed by atoms with Gasteiger partial charge >= 0.3 is 0 Å². The van der Waals surface area contributed by atoms with Gasteiger partial charge in [-0.1, -0.05) is 11.6 Å². The molecule has 6 heteroatoms. The average Bonchev–Trinajstić information content (AvgIpc) is 3.07. The molecule has 0 saturated carbocycles. The van der Waals surface area contributed by atoms with E-state index in [1.165, 1.54) is 19.4 Å². The molecule has 3 heterocycles. The van der Waals surface area contributed by atoms with Crippen molar-refractivity contribution in [1.82, 2.24) is 20.0 Å². The van der Waals surface area contributed by atoms with Gasteiger partial charge in [0.05, 0.1) is 35.7 Å². The van der Waals surface area contributed by atoms with E-state index in [0.717, 1.165) is 30.4 Å². The highest BCUT2D eigenvalue weighted by Gasteiger charge is 2.37. The number of halogens is 1. The molecule has 2 aliphatic rings. The van der Waals surface area contributed by atoms with Gasteiger partial charge in [0.15, 0.2) is 0 Å². The van der Waals surface area contributed by atoms with E-state index in [9.17, 15) is 0 Å². The average molecular weight is 299 g/mol. The predicted octanol–water partition coefficient (Wildman–Crippen LogP) is 1.68. The van der Waals surface area contributed by atoms with Crippen molar-refractivity contribution in [2.24, 2.45) is 0 Å². The Morgan fingerprint density at radius 3 is 3.20 bits per heavy atom. The summed E-state index contributed by atoms with van der Waals surface area (Å²) in [7, 11) is 1.97. The summed E-state index contributed by atoms with van der Waals surface area (Å²) in [4.78, 5) is 2.55. The zero-order valence-electron chi connectivity index (χ0n) is 12.2. The number of fused-ring (bicyclic) bond motifs is 1. The number of aryl methyl sites for hydroxylation is 1. The number of hydrogen-bond donors (Lipinski definition) is 1. The molecule has 0 aromatic carbocycles. The summed E-state index contributed by atoms with van der Waals surface area (Å²) in [5, 5.41) is 8.43. The Labute approximate surface area is 125 Å². The Balaban J connectivity index is 1.81. The van der Waals surface area contributed by atoms with Crippen LogP contribution in [0.5, 0.6) is 0 Å². The van der Waals surface area contributed by atoms with E-state index in [1.807, 2.05) is 11.7 Å². The van der Waals surface area contributed by atoms with Gasteiger partial charge in [-0.2, -0.15) is 5.10 Å². The Morgan fingerprint density at radius 2 is 2.45 bits per heavy atom. The summed E-state index contributed by atoms with van der Waals surface area (Å²) < 4.78 is 8.08. The molecule has 3 unspecified atom stereocenters. The molecule has 2 saturated heterocycles. The van der Waals surface area contributed by atoms with Gasteiger partial charge in [-0.25, -0.2) is 0 Å². The van der Waals surface area contributed by atoms with E-state index in [0.29, 0.717) is 6.04 Å². The molecule has 2 fully saturated rings. The largest absolute Gasteiger partial charge is 0.373 e. The lowest BCUT2D eigenvalue weighted by atomic mass is 10.0. The fourth-order valence-corrected chi connectivity index (χ4v) is 3.73. The Morgan fingerprint density at radius 1 is 1.60 bits per heavy atom. The van der Waals surface area contributed by atoms with E-state index in [-0.39, 0.29) is 12.1 Å². The van der Waals surface area contributed by atoms with Crippen molar-refractivity contribution in [2.75, 3.05) is 26.7 Å². The maximum absolute atomic E-state index is 6.34. The molecule has 20 heavy (non-hydrogen) atoms. The van der Waals surface area contributed by atoms with Crippen molar-refractivity contribution in [1.29, 1.82) is 0 Å². The quantitative estimate of drug-likeness (QED) is 0.918. The van der Waals surface area contributed by atoms with Crippen LogP contribution in [0.1, 0.15) is 31.5 Å². The zero-order chi connectivity index (χ0) is 14.1. The van der Waals surface area contributed by atoms with Gasteiger partial charge in [-0.3, -0.25) is 9.58 Å². The van der Waals surface area contributed by atoms with E-state index in [2.05, 4.69) is 22.2 Å². The number of likely N-dealkylation sites (N-methyl/N-ethyl adjacent to an activating group) is 1. The lowest BCUT2D eigenvalue weighted by Crippen LogP contribution is -2.50. The monoisotopic (exact) mass is 298 g/mol. The smallest absolute Gasteiger partial charge is 0.0912 e. The molecule has 5 nitrogen and oxygen atoms in total. The van der Waals surface area contributed by atoms with Crippen LogP contribution in [0.2, 0.25) is 5.02 Å². The van der Waals surface area contributed by atoms with Gasteiger partial charge in [-0.15, -0.1) is 0 Å². The predicted molar refractivity (Wildman–Crippen MR) is 79.0 cm³/mol. The summed E-state index contributed by atoms with van der Waals surface area (Å²) in [6, 6.07) is 0.710. The van der Waals surface area contributed by atoms with Gasteiger partial charge in [-0.05, 0) is 33.4 Å². The van der Waals surface area contributed by atoms with E-state index < -0.39 is 0 Å². The van der Waals surface area contributed by atoms with Crippen LogP contribution < -0.4 is 5.32 Å². The molecule has 3 atom stereocenters. The first kappa shape index (κ1) is 14.3. The van der Waals surface area contributed by atoms with Crippen LogP contribution in [0.25, 0.3) is 0 Å². The molecule has 3 rings (SSSR count). The third kappa shape index (κ3) is 2.48. The number of ether oxygens (including phenoxy) is 1. The minimum Gasteiger partial charge on any atom is -0.373 e. The normalized spacial score (nSPS) is 28.6. The van der Waals surface area contributed by atoms with Gasteiger partial charge in [0.25, 0.3) is 0 Å². The highest BCUT2D eigenvalue weighted by atomic mass is 35.5. The Bertz CT molecular complexity index is 464. The minimum absolute atomic E-state index is 0.0894. The molecule has 2 aliphatic heterocycles. The van der Waals surface area contributed by atoms with Crippen LogP contribution in [-0.2, 0) is 11.3 Å². The number of morpholine rings is 1. The minimum atomic E-state index is 0.0894. The van der Waals surface area contributed by atoms with Gasteiger partial charge in [0, 0.05) is 19.1 Å². The molecule has 0 aliphatic carbocycles. The second-order valence-corrected chi connectivity index (χ2v) is 6.03. The molecule has 1 aromatic rings. The Kier molecular flexibility index (Phi) is 4.31. The summed E-state index contributed by atoms with van der Waals surface area (Å²) in [5.41, 5.74) is 1.04. The van der Waals surface area contributed by atoms with Crippen molar-refractivity contribution in [3.8, 4) is 0 Å². The first-order valence-electron chi connectivity index (χ1n) is 7.48. The number of aromatic nitrogens is 2. The molecule has 1 aromatic heterocycles. The lowest BCUT2D eigenvalue weighted by molar-refractivity contribution is -0.0653. The van der Waals surface area contributed by atoms with Crippen LogP contribution in [0, 0.1) is 0 Å². The van der Waals surface area contributed by atoms with Crippen LogP contribution in [0.4, 0.5) is 0 Å².